The zero-order chi connectivity index (χ0) is 13.7. The maximum Gasteiger partial charge on any atom is 0.262 e. The van der Waals surface area contributed by atoms with Crippen molar-refractivity contribution in [3.63, 3.8) is 0 Å². The SMILES string of the molecule is NC(=O)CCCNCc1ccc2c(c1)NC(=O)CO2. The Labute approximate surface area is 111 Å². The number of nitrogens with one attached hydrogen (secondary N) is 2. The monoisotopic (exact) mass is 263 g/mol. The Bertz CT molecular complexity index is 488. The maximum atomic E-state index is 11.2. The smallest absolute Gasteiger partial charge is 0.262 e. The summed E-state index contributed by atoms with van der Waals surface area (Å²) in [4.78, 5) is 21.8. The van der Waals surface area contributed by atoms with Gasteiger partial charge in [0.1, 0.15) is 5.75 Å². The van der Waals surface area contributed by atoms with Gasteiger partial charge >= 0.3 is 0 Å². The molecule has 0 aromatic heterocycles. The Morgan fingerprint density at radius 1 is 1.47 bits per heavy atom. The van der Waals surface area contributed by atoms with Crippen molar-refractivity contribution in [2.75, 3.05) is 18.5 Å². The molecule has 1 aromatic rings. The van der Waals surface area contributed by atoms with E-state index in [1.165, 1.54) is 0 Å². The summed E-state index contributed by atoms with van der Waals surface area (Å²) in [5.74, 6) is 0.270. The van der Waals surface area contributed by atoms with E-state index in [4.69, 9.17) is 10.5 Å². The highest BCUT2D eigenvalue weighted by Gasteiger charge is 2.15. The van der Waals surface area contributed by atoms with E-state index in [0.29, 0.717) is 24.4 Å². The van der Waals surface area contributed by atoms with Crippen LogP contribution in [0.3, 0.4) is 0 Å². The Kier molecular flexibility index (Phi) is 4.35. The zero-order valence-corrected chi connectivity index (χ0v) is 10.6. The van der Waals surface area contributed by atoms with Gasteiger partial charge in [0.05, 0.1) is 5.69 Å². The fourth-order valence-corrected chi connectivity index (χ4v) is 1.86. The lowest BCUT2D eigenvalue weighted by atomic mass is 10.1. The third-order valence-electron chi connectivity index (χ3n) is 2.78. The second-order valence-corrected chi connectivity index (χ2v) is 4.41. The van der Waals surface area contributed by atoms with Crippen LogP contribution in [0.2, 0.25) is 0 Å². The third kappa shape index (κ3) is 3.96. The van der Waals surface area contributed by atoms with Crippen LogP contribution in [0.25, 0.3) is 0 Å². The van der Waals surface area contributed by atoms with E-state index in [0.717, 1.165) is 18.5 Å². The maximum absolute atomic E-state index is 11.2. The number of carbonyl (C=O) groups excluding carboxylic acids is 2. The van der Waals surface area contributed by atoms with Crippen LogP contribution in [0.1, 0.15) is 18.4 Å². The predicted molar refractivity (Wildman–Crippen MR) is 70.7 cm³/mol. The average molecular weight is 263 g/mol. The Morgan fingerprint density at radius 2 is 2.32 bits per heavy atom. The van der Waals surface area contributed by atoms with Gasteiger partial charge in [-0.15, -0.1) is 0 Å². The van der Waals surface area contributed by atoms with Crippen LogP contribution in [0.5, 0.6) is 5.75 Å². The van der Waals surface area contributed by atoms with Crippen LogP contribution < -0.4 is 21.1 Å². The first kappa shape index (κ1) is 13.4. The van der Waals surface area contributed by atoms with Gasteiger partial charge in [-0.2, -0.15) is 0 Å². The molecule has 19 heavy (non-hydrogen) atoms. The van der Waals surface area contributed by atoms with Crippen LogP contribution in [0.4, 0.5) is 5.69 Å². The van der Waals surface area contributed by atoms with Crippen molar-refractivity contribution in [1.29, 1.82) is 0 Å². The summed E-state index contributed by atoms with van der Waals surface area (Å²) < 4.78 is 5.28. The lowest BCUT2D eigenvalue weighted by Gasteiger charge is -2.18. The second kappa shape index (κ2) is 6.19. The Morgan fingerprint density at radius 3 is 3.11 bits per heavy atom. The van der Waals surface area contributed by atoms with Gasteiger partial charge in [0.2, 0.25) is 5.91 Å². The van der Waals surface area contributed by atoms with E-state index in [9.17, 15) is 9.59 Å². The summed E-state index contributed by atoms with van der Waals surface area (Å²) in [7, 11) is 0. The molecule has 1 heterocycles. The molecule has 0 aliphatic carbocycles. The van der Waals surface area contributed by atoms with E-state index in [1.807, 2.05) is 18.2 Å². The zero-order valence-electron chi connectivity index (χ0n) is 10.6. The van der Waals surface area contributed by atoms with Crippen molar-refractivity contribution in [3.05, 3.63) is 23.8 Å². The number of benzene rings is 1. The molecule has 1 aliphatic heterocycles. The van der Waals surface area contributed by atoms with Crippen molar-refractivity contribution in [2.45, 2.75) is 19.4 Å². The minimum absolute atomic E-state index is 0.0672. The van der Waals surface area contributed by atoms with Gasteiger partial charge in [-0.1, -0.05) is 6.07 Å². The Balaban J connectivity index is 1.83. The van der Waals surface area contributed by atoms with Gasteiger partial charge in [-0.25, -0.2) is 0 Å². The van der Waals surface area contributed by atoms with Gasteiger partial charge in [0, 0.05) is 13.0 Å². The molecule has 0 fully saturated rings. The largest absolute Gasteiger partial charge is 0.482 e. The average Bonchev–Trinajstić information content (AvgIpc) is 2.37. The number of fused-ring (bicyclic) bond motifs is 1. The number of carbonyl (C=O) groups is 2. The number of primary amides is 1. The normalized spacial score (nSPS) is 13.4. The van der Waals surface area contributed by atoms with Gasteiger partial charge < -0.3 is 21.1 Å². The molecule has 0 radical (unpaired) electrons. The third-order valence-corrected chi connectivity index (χ3v) is 2.78. The van der Waals surface area contributed by atoms with E-state index >= 15 is 0 Å². The molecule has 1 aromatic carbocycles. The van der Waals surface area contributed by atoms with Crippen LogP contribution >= 0.6 is 0 Å². The first-order chi connectivity index (χ1) is 9.15. The quantitative estimate of drug-likeness (QED) is 0.646. The van der Waals surface area contributed by atoms with Gasteiger partial charge in [0.25, 0.3) is 5.91 Å². The fourth-order valence-electron chi connectivity index (χ4n) is 1.86. The molecule has 0 atom stereocenters. The number of nitrogens with two attached hydrogens (primary N) is 1. The van der Waals surface area contributed by atoms with Crippen molar-refractivity contribution < 1.29 is 14.3 Å². The summed E-state index contributed by atoms with van der Waals surface area (Å²) in [5, 5.41) is 5.98. The lowest BCUT2D eigenvalue weighted by molar-refractivity contribution is -0.119. The van der Waals surface area contributed by atoms with E-state index < -0.39 is 0 Å². The molecule has 6 heteroatoms. The van der Waals surface area contributed by atoms with Crippen LogP contribution in [-0.4, -0.2) is 25.0 Å². The topological polar surface area (TPSA) is 93.5 Å². The molecule has 1 aliphatic rings. The number of anilines is 1. The van der Waals surface area contributed by atoms with Crippen LogP contribution in [0, 0.1) is 0 Å². The molecule has 2 amide bonds. The fraction of sp³-hybridized carbons (Fsp3) is 0.385. The molecule has 0 spiro atoms. The van der Waals surface area contributed by atoms with Crippen molar-refractivity contribution >= 4 is 17.5 Å². The molecule has 0 saturated carbocycles. The minimum Gasteiger partial charge on any atom is -0.482 e. The molecule has 4 N–H and O–H groups in total. The summed E-state index contributed by atoms with van der Waals surface area (Å²) in [6, 6.07) is 5.67. The lowest BCUT2D eigenvalue weighted by Crippen LogP contribution is -2.25. The van der Waals surface area contributed by atoms with E-state index in [-0.39, 0.29) is 18.4 Å². The van der Waals surface area contributed by atoms with E-state index in [2.05, 4.69) is 10.6 Å². The van der Waals surface area contributed by atoms with Crippen LogP contribution in [0.15, 0.2) is 18.2 Å². The first-order valence-corrected chi connectivity index (χ1v) is 6.20. The molecular weight excluding hydrogens is 246 g/mol. The van der Waals surface area contributed by atoms with Crippen molar-refractivity contribution in [1.82, 2.24) is 5.32 Å². The highest BCUT2D eigenvalue weighted by atomic mass is 16.5. The molecule has 2 rings (SSSR count). The highest BCUT2D eigenvalue weighted by Crippen LogP contribution is 2.28. The molecule has 0 bridgehead atoms. The molecule has 0 unspecified atom stereocenters. The number of ether oxygens (including phenoxy) is 1. The van der Waals surface area contributed by atoms with Crippen molar-refractivity contribution in [2.24, 2.45) is 5.73 Å². The summed E-state index contributed by atoms with van der Waals surface area (Å²) in [5.41, 5.74) is 6.80. The molecule has 6 nitrogen and oxygen atoms in total. The highest BCUT2D eigenvalue weighted by molar-refractivity contribution is 5.95. The number of amides is 2. The van der Waals surface area contributed by atoms with Crippen molar-refractivity contribution in [3.8, 4) is 5.75 Å². The second-order valence-electron chi connectivity index (χ2n) is 4.41. The standard InChI is InChI=1S/C13H17N3O3/c14-12(17)2-1-5-15-7-9-3-4-11-10(6-9)16-13(18)8-19-11/h3-4,6,15H,1-2,5,7-8H2,(H2,14,17)(H,16,18). The molecular formula is C13H17N3O3. The van der Waals surface area contributed by atoms with Gasteiger partial charge in [0.15, 0.2) is 6.61 Å². The van der Waals surface area contributed by atoms with Gasteiger partial charge in [-0.3, -0.25) is 9.59 Å². The summed E-state index contributed by atoms with van der Waals surface area (Å²) in [6.45, 7) is 1.46. The first-order valence-electron chi connectivity index (χ1n) is 6.20. The molecule has 0 saturated heterocycles. The summed E-state index contributed by atoms with van der Waals surface area (Å²) in [6.07, 6.45) is 1.11. The summed E-state index contributed by atoms with van der Waals surface area (Å²) >= 11 is 0. The number of rotatable bonds is 6. The number of hydrogen-bond donors (Lipinski definition) is 3. The minimum atomic E-state index is -0.282. The molecule has 102 valence electrons. The number of hydrogen-bond acceptors (Lipinski definition) is 4. The Hall–Kier alpha value is -2.08. The van der Waals surface area contributed by atoms with Crippen LogP contribution in [-0.2, 0) is 16.1 Å². The van der Waals surface area contributed by atoms with Gasteiger partial charge in [-0.05, 0) is 30.7 Å². The predicted octanol–water partition coefficient (Wildman–Crippen LogP) is 0.373. The van der Waals surface area contributed by atoms with E-state index in [1.54, 1.807) is 0 Å².